The van der Waals surface area contributed by atoms with E-state index in [4.69, 9.17) is 0 Å². The Balaban J connectivity index is 1.47. The van der Waals surface area contributed by atoms with Crippen LogP contribution in [0.2, 0.25) is 0 Å². The van der Waals surface area contributed by atoms with Gasteiger partial charge in [0.25, 0.3) is 5.91 Å². The number of halogens is 3. The fourth-order valence-corrected chi connectivity index (χ4v) is 4.56. The number of carbonyl (C=O) groups excluding carboxylic acids is 1. The molecule has 1 aliphatic rings. The lowest BCUT2D eigenvalue weighted by Crippen LogP contribution is -2.49. The van der Waals surface area contributed by atoms with Crippen molar-refractivity contribution in [2.45, 2.75) is 13.1 Å². The van der Waals surface area contributed by atoms with Gasteiger partial charge < -0.3 is 9.80 Å². The summed E-state index contributed by atoms with van der Waals surface area (Å²) in [6.07, 6.45) is -2.76. The number of benzene rings is 1. The van der Waals surface area contributed by atoms with E-state index in [9.17, 15) is 23.2 Å². The fraction of sp³-hybridized carbons (Fsp3) is 0.273. The highest BCUT2D eigenvalue weighted by Gasteiger charge is 2.30. The molecule has 3 heterocycles. The van der Waals surface area contributed by atoms with E-state index in [-0.39, 0.29) is 5.91 Å². The summed E-state index contributed by atoms with van der Waals surface area (Å²) in [4.78, 5) is 26.0. The zero-order valence-electron chi connectivity index (χ0n) is 17.1. The SMILES string of the molecule is Cc1nc(-c2ccc(C(F)(F)F)cc2)sc1C(=O)N1CCN(c2ncccc2C#N)CC1. The van der Waals surface area contributed by atoms with Crippen molar-refractivity contribution in [2.75, 3.05) is 31.1 Å². The Labute approximate surface area is 186 Å². The van der Waals surface area contributed by atoms with Gasteiger partial charge in [-0.25, -0.2) is 9.97 Å². The number of pyridine rings is 1. The van der Waals surface area contributed by atoms with E-state index in [1.54, 1.807) is 30.2 Å². The van der Waals surface area contributed by atoms with Gasteiger partial charge in [0.2, 0.25) is 0 Å². The Bertz CT molecular complexity index is 1180. The van der Waals surface area contributed by atoms with Crippen LogP contribution in [0.3, 0.4) is 0 Å². The zero-order chi connectivity index (χ0) is 22.9. The van der Waals surface area contributed by atoms with Gasteiger partial charge in [-0.1, -0.05) is 12.1 Å². The van der Waals surface area contributed by atoms with Crippen LogP contribution in [-0.4, -0.2) is 47.0 Å². The lowest BCUT2D eigenvalue weighted by atomic mass is 10.1. The molecule has 0 saturated carbocycles. The molecule has 1 saturated heterocycles. The predicted molar refractivity (Wildman–Crippen MR) is 114 cm³/mol. The number of amides is 1. The summed E-state index contributed by atoms with van der Waals surface area (Å²) in [7, 11) is 0. The molecule has 0 radical (unpaired) electrons. The fourth-order valence-electron chi connectivity index (χ4n) is 3.52. The number of piperazine rings is 1. The third-order valence-electron chi connectivity index (χ3n) is 5.22. The Morgan fingerprint density at radius 2 is 1.81 bits per heavy atom. The number of hydrogen-bond acceptors (Lipinski definition) is 6. The first kappa shape index (κ1) is 21.8. The first-order valence-electron chi connectivity index (χ1n) is 9.82. The zero-order valence-corrected chi connectivity index (χ0v) is 17.9. The van der Waals surface area contributed by atoms with Crippen LogP contribution in [0.15, 0.2) is 42.6 Å². The second kappa shape index (κ2) is 8.59. The number of aromatic nitrogens is 2. The van der Waals surface area contributed by atoms with Crippen LogP contribution < -0.4 is 4.90 Å². The summed E-state index contributed by atoms with van der Waals surface area (Å²) >= 11 is 1.18. The maximum Gasteiger partial charge on any atom is 0.416 e. The lowest BCUT2D eigenvalue weighted by molar-refractivity contribution is -0.137. The molecule has 0 aliphatic carbocycles. The molecule has 0 atom stereocenters. The topological polar surface area (TPSA) is 73.1 Å². The summed E-state index contributed by atoms with van der Waals surface area (Å²) in [5.41, 5.74) is 0.853. The average Bonchev–Trinajstić information content (AvgIpc) is 3.19. The third-order valence-corrected chi connectivity index (χ3v) is 6.42. The second-order valence-electron chi connectivity index (χ2n) is 7.27. The van der Waals surface area contributed by atoms with Gasteiger partial charge in [0, 0.05) is 37.9 Å². The van der Waals surface area contributed by atoms with Crippen molar-refractivity contribution in [3.63, 3.8) is 0 Å². The Morgan fingerprint density at radius 3 is 2.44 bits per heavy atom. The van der Waals surface area contributed by atoms with Crippen molar-refractivity contribution < 1.29 is 18.0 Å². The molecule has 0 N–H and O–H groups in total. The van der Waals surface area contributed by atoms with Crippen molar-refractivity contribution in [1.29, 1.82) is 5.26 Å². The highest BCUT2D eigenvalue weighted by Crippen LogP contribution is 2.33. The van der Waals surface area contributed by atoms with E-state index >= 15 is 0 Å². The molecule has 10 heteroatoms. The smallest absolute Gasteiger partial charge is 0.352 e. The van der Waals surface area contributed by atoms with E-state index < -0.39 is 11.7 Å². The quantitative estimate of drug-likeness (QED) is 0.584. The van der Waals surface area contributed by atoms with Crippen LogP contribution in [0.4, 0.5) is 19.0 Å². The number of hydrogen-bond donors (Lipinski definition) is 0. The van der Waals surface area contributed by atoms with E-state index in [2.05, 4.69) is 16.0 Å². The van der Waals surface area contributed by atoms with Crippen LogP contribution in [0, 0.1) is 18.3 Å². The van der Waals surface area contributed by atoms with Crippen LogP contribution >= 0.6 is 11.3 Å². The Kier molecular flexibility index (Phi) is 5.84. The van der Waals surface area contributed by atoms with Crippen molar-refractivity contribution in [2.24, 2.45) is 0 Å². The van der Waals surface area contributed by atoms with Crippen LogP contribution in [0.1, 0.15) is 26.5 Å². The lowest BCUT2D eigenvalue weighted by Gasteiger charge is -2.35. The molecule has 0 bridgehead atoms. The molecule has 6 nitrogen and oxygen atoms in total. The number of anilines is 1. The maximum absolute atomic E-state index is 13.1. The summed E-state index contributed by atoms with van der Waals surface area (Å²) < 4.78 is 38.4. The van der Waals surface area contributed by atoms with Crippen molar-refractivity contribution in [3.05, 3.63) is 64.3 Å². The van der Waals surface area contributed by atoms with Crippen molar-refractivity contribution in [1.82, 2.24) is 14.9 Å². The number of aryl methyl sites for hydroxylation is 1. The first-order chi connectivity index (χ1) is 15.3. The van der Waals surface area contributed by atoms with E-state index in [1.165, 1.54) is 23.5 Å². The third kappa shape index (κ3) is 4.29. The Morgan fingerprint density at radius 1 is 1.12 bits per heavy atom. The van der Waals surface area contributed by atoms with Gasteiger partial charge in [-0.3, -0.25) is 4.79 Å². The Hall–Kier alpha value is -3.45. The molecular formula is C22H18F3N5OS. The summed E-state index contributed by atoms with van der Waals surface area (Å²) in [5, 5.41) is 9.78. The predicted octanol–water partition coefficient (Wildman–Crippen LogP) is 4.37. The van der Waals surface area contributed by atoms with Gasteiger partial charge >= 0.3 is 6.18 Å². The standard InChI is InChI=1S/C22H18F3N5OS/c1-14-18(32-20(28-14)15-4-6-17(7-5-15)22(23,24)25)21(31)30-11-9-29(10-12-30)19-16(13-26)3-2-8-27-19/h2-8H,9-12H2,1H3. The minimum Gasteiger partial charge on any atom is -0.352 e. The molecule has 4 rings (SSSR count). The van der Waals surface area contributed by atoms with Crippen molar-refractivity contribution in [3.8, 4) is 16.6 Å². The first-order valence-corrected chi connectivity index (χ1v) is 10.6. The van der Waals surface area contributed by atoms with Gasteiger partial charge in [-0.15, -0.1) is 11.3 Å². The molecule has 0 spiro atoms. The van der Waals surface area contributed by atoms with Gasteiger partial charge in [0.1, 0.15) is 21.8 Å². The largest absolute Gasteiger partial charge is 0.416 e. The number of rotatable bonds is 3. The summed E-state index contributed by atoms with van der Waals surface area (Å²) in [6, 6.07) is 10.3. The molecule has 0 unspecified atom stereocenters. The molecule has 1 aromatic carbocycles. The monoisotopic (exact) mass is 457 g/mol. The molecule has 164 valence electrons. The van der Waals surface area contributed by atoms with Crippen LogP contribution in [0.25, 0.3) is 10.6 Å². The average molecular weight is 457 g/mol. The van der Waals surface area contributed by atoms with Crippen LogP contribution in [-0.2, 0) is 6.18 Å². The minimum atomic E-state index is -4.40. The highest BCUT2D eigenvalue weighted by molar-refractivity contribution is 7.17. The molecule has 3 aromatic rings. The highest BCUT2D eigenvalue weighted by atomic mass is 32.1. The summed E-state index contributed by atoms with van der Waals surface area (Å²) in [5.74, 6) is 0.458. The molecular weight excluding hydrogens is 439 g/mol. The normalized spacial score (nSPS) is 14.3. The van der Waals surface area contributed by atoms with Gasteiger partial charge in [0.05, 0.1) is 16.8 Å². The number of nitrogens with zero attached hydrogens (tertiary/aromatic N) is 5. The maximum atomic E-state index is 13.1. The molecule has 1 fully saturated rings. The molecule has 2 aromatic heterocycles. The van der Waals surface area contributed by atoms with Crippen molar-refractivity contribution >= 4 is 23.1 Å². The van der Waals surface area contributed by atoms with Crippen LogP contribution in [0.5, 0.6) is 0 Å². The summed E-state index contributed by atoms with van der Waals surface area (Å²) in [6.45, 7) is 3.74. The van der Waals surface area contributed by atoms with Gasteiger partial charge in [0.15, 0.2) is 0 Å². The van der Waals surface area contributed by atoms with E-state index in [0.29, 0.717) is 58.7 Å². The molecule has 1 aliphatic heterocycles. The van der Waals surface area contributed by atoms with E-state index in [1.807, 2.05) is 4.90 Å². The molecule has 32 heavy (non-hydrogen) atoms. The second-order valence-corrected chi connectivity index (χ2v) is 8.27. The number of alkyl halides is 3. The van der Waals surface area contributed by atoms with E-state index in [0.717, 1.165) is 12.1 Å². The van der Waals surface area contributed by atoms with Gasteiger partial charge in [-0.2, -0.15) is 18.4 Å². The minimum absolute atomic E-state index is 0.153. The number of nitriles is 1. The number of thiazole rings is 1. The van der Waals surface area contributed by atoms with Gasteiger partial charge in [-0.05, 0) is 31.2 Å². The number of carbonyl (C=O) groups is 1. The molecule has 1 amide bonds.